The minimum Gasteiger partial charge on any atom is -0.294 e. The molecule has 0 radical (unpaired) electrons. The Labute approximate surface area is 85.2 Å². The van der Waals surface area contributed by atoms with E-state index in [1.165, 1.54) is 11.3 Å². The largest absolute Gasteiger partial charge is 0.294 e. The molecule has 0 amide bonds. The third kappa shape index (κ3) is 1.26. The van der Waals surface area contributed by atoms with Crippen molar-refractivity contribution in [3.05, 3.63) is 34.7 Å². The zero-order chi connectivity index (χ0) is 10.1. The zero-order valence-electron chi connectivity index (χ0n) is 7.61. The first-order valence-corrected chi connectivity index (χ1v) is 5.03. The standard InChI is InChI=1S/C11H8O2S/c1-7-8-4-2-3-5-10(8)14-11(7)9(13)6-12/h2-6H,1H3. The summed E-state index contributed by atoms with van der Waals surface area (Å²) in [6, 6.07) is 7.77. The molecule has 70 valence electrons. The molecule has 1 aromatic heterocycles. The molecule has 0 N–H and O–H groups in total. The number of rotatable bonds is 2. The molecule has 0 spiro atoms. The highest BCUT2D eigenvalue weighted by Crippen LogP contribution is 2.30. The van der Waals surface area contributed by atoms with Gasteiger partial charge < -0.3 is 0 Å². The van der Waals surface area contributed by atoms with E-state index < -0.39 is 5.78 Å². The number of hydrogen-bond acceptors (Lipinski definition) is 3. The summed E-state index contributed by atoms with van der Waals surface area (Å²) in [5.74, 6) is -0.427. The lowest BCUT2D eigenvalue weighted by Crippen LogP contribution is -1.97. The summed E-state index contributed by atoms with van der Waals surface area (Å²) in [4.78, 5) is 22.2. The molecule has 3 heteroatoms. The molecule has 0 aliphatic carbocycles. The van der Waals surface area contributed by atoms with Crippen LogP contribution in [0, 0.1) is 6.92 Å². The quantitative estimate of drug-likeness (QED) is 0.428. The van der Waals surface area contributed by atoms with Crippen molar-refractivity contribution >= 4 is 33.5 Å². The maximum Gasteiger partial charge on any atom is 0.235 e. The first kappa shape index (κ1) is 9.09. The van der Waals surface area contributed by atoms with Crippen molar-refractivity contribution in [1.82, 2.24) is 0 Å². The van der Waals surface area contributed by atoms with Gasteiger partial charge in [0.2, 0.25) is 5.78 Å². The minimum absolute atomic E-state index is 0.373. The molecule has 0 bridgehead atoms. The monoisotopic (exact) mass is 204 g/mol. The van der Waals surface area contributed by atoms with E-state index in [0.29, 0.717) is 11.2 Å². The predicted octanol–water partition coefficient (Wildman–Crippen LogP) is 2.59. The number of aryl methyl sites for hydroxylation is 1. The highest BCUT2D eigenvalue weighted by molar-refractivity contribution is 7.21. The Kier molecular flexibility index (Phi) is 2.17. The lowest BCUT2D eigenvalue weighted by Gasteiger charge is -1.90. The molecule has 0 unspecified atom stereocenters. The van der Waals surface area contributed by atoms with Gasteiger partial charge in [-0.3, -0.25) is 9.59 Å². The predicted molar refractivity (Wildman–Crippen MR) is 57.0 cm³/mol. The fourth-order valence-electron chi connectivity index (χ4n) is 1.46. The zero-order valence-corrected chi connectivity index (χ0v) is 8.43. The molecule has 1 heterocycles. The van der Waals surface area contributed by atoms with Crippen LogP contribution in [0.2, 0.25) is 0 Å². The fraction of sp³-hybridized carbons (Fsp3) is 0.0909. The van der Waals surface area contributed by atoms with E-state index in [1.807, 2.05) is 31.2 Å². The smallest absolute Gasteiger partial charge is 0.235 e. The molecule has 0 saturated carbocycles. The summed E-state index contributed by atoms with van der Waals surface area (Å²) < 4.78 is 1.05. The summed E-state index contributed by atoms with van der Waals surface area (Å²) in [7, 11) is 0. The summed E-state index contributed by atoms with van der Waals surface area (Å²) >= 11 is 1.38. The van der Waals surface area contributed by atoms with Gasteiger partial charge in [-0.1, -0.05) is 18.2 Å². The molecular weight excluding hydrogens is 196 g/mol. The third-order valence-electron chi connectivity index (χ3n) is 2.17. The average Bonchev–Trinajstić information content (AvgIpc) is 2.56. The highest BCUT2D eigenvalue weighted by atomic mass is 32.1. The van der Waals surface area contributed by atoms with Crippen LogP contribution in [0.15, 0.2) is 24.3 Å². The number of carbonyl (C=O) groups excluding carboxylic acids is 2. The number of benzene rings is 1. The molecule has 0 fully saturated rings. The van der Waals surface area contributed by atoms with Crippen molar-refractivity contribution in [1.29, 1.82) is 0 Å². The number of ketones is 1. The highest BCUT2D eigenvalue weighted by Gasteiger charge is 2.13. The van der Waals surface area contributed by atoms with E-state index in [4.69, 9.17) is 0 Å². The molecule has 0 aliphatic heterocycles. The Hall–Kier alpha value is -1.48. The van der Waals surface area contributed by atoms with Gasteiger partial charge >= 0.3 is 0 Å². The molecule has 0 saturated heterocycles. The van der Waals surface area contributed by atoms with Crippen LogP contribution in [0.4, 0.5) is 0 Å². The summed E-state index contributed by atoms with van der Waals surface area (Å²) in [5.41, 5.74) is 0.905. The van der Waals surface area contributed by atoms with Gasteiger partial charge in [0.15, 0.2) is 6.29 Å². The maximum atomic E-state index is 11.2. The number of aldehydes is 1. The van der Waals surface area contributed by atoms with Crippen LogP contribution in [0.5, 0.6) is 0 Å². The second-order valence-electron chi connectivity index (χ2n) is 3.03. The van der Waals surface area contributed by atoms with Crippen molar-refractivity contribution < 1.29 is 9.59 Å². The van der Waals surface area contributed by atoms with Gasteiger partial charge in [0.25, 0.3) is 0 Å². The molecule has 2 aromatic rings. The Morgan fingerprint density at radius 2 is 2.07 bits per heavy atom. The first-order chi connectivity index (χ1) is 6.74. The lowest BCUT2D eigenvalue weighted by molar-refractivity contribution is -0.104. The number of thiophene rings is 1. The van der Waals surface area contributed by atoms with Gasteiger partial charge in [-0.15, -0.1) is 11.3 Å². The molecule has 0 aliphatic rings. The SMILES string of the molecule is Cc1c(C(=O)C=O)sc2ccccc12. The van der Waals surface area contributed by atoms with Gasteiger partial charge in [0.1, 0.15) is 0 Å². The van der Waals surface area contributed by atoms with E-state index in [0.717, 1.165) is 15.6 Å². The normalized spacial score (nSPS) is 10.4. The molecule has 1 aromatic carbocycles. The van der Waals surface area contributed by atoms with Gasteiger partial charge in [0, 0.05) is 4.70 Å². The maximum absolute atomic E-state index is 11.2. The second kappa shape index (κ2) is 3.35. The molecular formula is C11H8O2S. The van der Waals surface area contributed by atoms with Crippen LogP contribution in [-0.4, -0.2) is 12.1 Å². The Morgan fingerprint density at radius 1 is 1.36 bits per heavy atom. The van der Waals surface area contributed by atoms with E-state index in [2.05, 4.69) is 0 Å². The van der Waals surface area contributed by atoms with Crippen LogP contribution in [0.25, 0.3) is 10.1 Å². The van der Waals surface area contributed by atoms with Gasteiger partial charge in [-0.25, -0.2) is 0 Å². The van der Waals surface area contributed by atoms with E-state index in [9.17, 15) is 9.59 Å². The van der Waals surface area contributed by atoms with Crippen LogP contribution in [-0.2, 0) is 4.79 Å². The Morgan fingerprint density at radius 3 is 2.71 bits per heavy atom. The van der Waals surface area contributed by atoms with E-state index >= 15 is 0 Å². The summed E-state index contributed by atoms with van der Waals surface area (Å²) in [5, 5.41) is 1.06. The van der Waals surface area contributed by atoms with Crippen molar-refractivity contribution in [2.45, 2.75) is 6.92 Å². The van der Waals surface area contributed by atoms with Gasteiger partial charge in [-0.05, 0) is 23.9 Å². The number of carbonyl (C=O) groups is 2. The van der Waals surface area contributed by atoms with Crippen LogP contribution >= 0.6 is 11.3 Å². The number of fused-ring (bicyclic) bond motifs is 1. The second-order valence-corrected chi connectivity index (χ2v) is 4.09. The number of hydrogen-bond donors (Lipinski definition) is 0. The van der Waals surface area contributed by atoms with E-state index in [1.54, 1.807) is 0 Å². The topological polar surface area (TPSA) is 34.1 Å². The Balaban J connectivity index is 2.74. The fourth-order valence-corrected chi connectivity index (χ4v) is 2.57. The minimum atomic E-state index is -0.427. The summed E-state index contributed by atoms with van der Waals surface area (Å²) in [6.45, 7) is 1.87. The Bertz CT molecular complexity index is 511. The molecule has 2 nitrogen and oxygen atoms in total. The van der Waals surface area contributed by atoms with E-state index in [-0.39, 0.29) is 0 Å². The van der Waals surface area contributed by atoms with Crippen molar-refractivity contribution in [2.75, 3.05) is 0 Å². The number of Topliss-reactive ketones (excluding diaryl/α,β-unsaturated/α-hetero) is 1. The third-order valence-corrected chi connectivity index (χ3v) is 3.46. The van der Waals surface area contributed by atoms with Gasteiger partial charge in [0.05, 0.1) is 4.88 Å². The molecule has 0 atom stereocenters. The van der Waals surface area contributed by atoms with Crippen molar-refractivity contribution in [2.24, 2.45) is 0 Å². The average molecular weight is 204 g/mol. The van der Waals surface area contributed by atoms with Crippen molar-refractivity contribution in [3.8, 4) is 0 Å². The van der Waals surface area contributed by atoms with Crippen molar-refractivity contribution in [3.63, 3.8) is 0 Å². The van der Waals surface area contributed by atoms with Crippen LogP contribution < -0.4 is 0 Å². The molecule has 2 rings (SSSR count). The van der Waals surface area contributed by atoms with Gasteiger partial charge in [-0.2, -0.15) is 0 Å². The molecule has 14 heavy (non-hydrogen) atoms. The van der Waals surface area contributed by atoms with Crippen LogP contribution in [0.1, 0.15) is 15.2 Å². The first-order valence-electron chi connectivity index (χ1n) is 4.21. The lowest BCUT2D eigenvalue weighted by atomic mass is 10.1. The summed E-state index contributed by atoms with van der Waals surface area (Å²) in [6.07, 6.45) is 0.373. The van der Waals surface area contributed by atoms with Crippen LogP contribution in [0.3, 0.4) is 0 Å².